The molecule has 0 nitrogen and oxygen atoms in total. The SMILES string of the molecule is Clc1c[c]ccc1Br. The molecule has 0 bridgehead atoms. The van der Waals surface area contributed by atoms with E-state index in [0.29, 0.717) is 5.02 Å². The lowest BCUT2D eigenvalue weighted by molar-refractivity contribution is 1.64. The summed E-state index contributed by atoms with van der Waals surface area (Å²) in [5, 5.41) is 0.701. The maximum Gasteiger partial charge on any atom is 0.0554 e. The predicted octanol–water partition coefficient (Wildman–Crippen LogP) is 2.90. The van der Waals surface area contributed by atoms with Crippen LogP contribution in [0.5, 0.6) is 0 Å². The Bertz CT molecular complexity index is 165. The zero-order valence-corrected chi connectivity index (χ0v) is 6.33. The zero-order chi connectivity index (χ0) is 5.98. The van der Waals surface area contributed by atoms with Crippen LogP contribution < -0.4 is 0 Å². The highest BCUT2D eigenvalue weighted by atomic mass is 79.9. The largest absolute Gasteiger partial charge is 0.0831 e. The molecule has 0 atom stereocenters. The second-order valence-corrected chi connectivity index (χ2v) is 2.60. The molecule has 0 spiro atoms. The summed E-state index contributed by atoms with van der Waals surface area (Å²) in [6, 6.07) is 8.20. The van der Waals surface area contributed by atoms with Gasteiger partial charge in [-0.2, -0.15) is 0 Å². The molecule has 0 aliphatic rings. The minimum absolute atomic E-state index is 0.701. The third-order valence-corrected chi connectivity index (χ3v) is 2.00. The average molecular weight is 190 g/mol. The van der Waals surface area contributed by atoms with Crippen LogP contribution in [0.3, 0.4) is 0 Å². The second-order valence-electron chi connectivity index (χ2n) is 1.34. The third kappa shape index (κ3) is 1.23. The van der Waals surface area contributed by atoms with E-state index in [1.807, 2.05) is 6.07 Å². The summed E-state index contributed by atoms with van der Waals surface area (Å²) in [6.45, 7) is 0. The summed E-state index contributed by atoms with van der Waals surface area (Å²) < 4.78 is 0.915. The van der Waals surface area contributed by atoms with Gasteiger partial charge in [0.05, 0.1) is 5.02 Å². The Morgan fingerprint density at radius 1 is 1.62 bits per heavy atom. The molecule has 0 unspecified atom stereocenters. The van der Waals surface area contributed by atoms with Gasteiger partial charge in [-0.05, 0) is 34.1 Å². The van der Waals surface area contributed by atoms with E-state index in [1.54, 1.807) is 12.1 Å². The Hall–Kier alpha value is -0.0100. The van der Waals surface area contributed by atoms with Crippen molar-refractivity contribution in [2.24, 2.45) is 0 Å². The quantitative estimate of drug-likeness (QED) is 0.590. The van der Waals surface area contributed by atoms with Crippen molar-refractivity contribution in [3.63, 3.8) is 0 Å². The van der Waals surface area contributed by atoms with E-state index in [0.717, 1.165) is 4.47 Å². The van der Waals surface area contributed by atoms with Crippen LogP contribution >= 0.6 is 27.5 Å². The van der Waals surface area contributed by atoms with Gasteiger partial charge in [0.1, 0.15) is 0 Å². The van der Waals surface area contributed by atoms with E-state index < -0.39 is 0 Å². The lowest BCUT2D eigenvalue weighted by Crippen LogP contribution is -1.63. The van der Waals surface area contributed by atoms with Gasteiger partial charge in [0.25, 0.3) is 0 Å². The molecule has 0 amide bonds. The van der Waals surface area contributed by atoms with E-state index in [-0.39, 0.29) is 0 Å². The number of rotatable bonds is 0. The monoisotopic (exact) mass is 189 g/mol. The highest BCUT2D eigenvalue weighted by Crippen LogP contribution is 2.19. The van der Waals surface area contributed by atoms with Crippen molar-refractivity contribution in [3.05, 3.63) is 33.8 Å². The molecule has 0 aliphatic heterocycles. The van der Waals surface area contributed by atoms with Crippen molar-refractivity contribution in [2.45, 2.75) is 0 Å². The van der Waals surface area contributed by atoms with Gasteiger partial charge in [-0.3, -0.25) is 0 Å². The molecule has 0 aliphatic carbocycles. The third-order valence-electron chi connectivity index (χ3n) is 0.764. The lowest BCUT2D eigenvalue weighted by atomic mass is 10.4. The van der Waals surface area contributed by atoms with Gasteiger partial charge in [-0.1, -0.05) is 17.7 Å². The summed E-state index contributed by atoms with van der Waals surface area (Å²) in [7, 11) is 0. The highest BCUT2D eigenvalue weighted by Gasteiger charge is 1.89. The summed E-state index contributed by atoms with van der Waals surface area (Å²) in [5.74, 6) is 0. The fourth-order valence-corrected chi connectivity index (χ4v) is 0.764. The van der Waals surface area contributed by atoms with Crippen LogP contribution in [-0.2, 0) is 0 Å². The first-order chi connectivity index (χ1) is 3.80. The van der Waals surface area contributed by atoms with Crippen LogP contribution in [0.2, 0.25) is 5.02 Å². The van der Waals surface area contributed by atoms with E-state index in [1.165, 1.54) is 0 Å². The van der Waals surface area contributed by atoms with Gasteiger partial charge in [-0.15, -0.1) is 0 Å². The predicted molar refractivity (Wildman–Crippen MR) is 38.0 cm³/mol. The second kappa shape index (κ2) is 2.51. The Kier molecular flexibility index (Phi) is 1.92. The van der Waals surface area contributed by atoms with Crippen molar-refractivity contribution in [1.29, 1.82) is 0 Å². The van der Waals surface area contributed by atoms with Gasteiger partial charge in [0, 0.05) is 4.47 Å². The number of hydrogen-bond donors (Lipinski definition) is 0. The fourth-order valence-electron chi connectivity index (χ4n) is 0.391. The van der Waals surface area contributed by atoms with Gasteiger partial charge < -0.3 is 0 Å². The fraction of sp³-hybridized carbons (Fsp3) is 0. The molecule has 8 heavy (non-hydrogen) atoms. The molecule has 0 fully saturated rings. The van der Waals surface area contributed by atoms with Crippen molar-refractivity contribution in [3.8, 4) is 0 Å². The average Bonchev–Trinajstić information content (AvgIpc) is 1.77. The summed E-state index contributed by atoms with van der Waals surface area (Å²) in [5.41, 5.74) is 0. The molecule has 1 radical (unpaired) electrons. The molecule has 1 aromatic carbocycles. The summed E-state index contributed by atoms with van der Waals surface area (Å²) in [4.78, 5) is 0. The van der Waals surface area contributed by atoms with Crippen LogP contribution in [0.15, 0.2) is 22.7 Å². The normalized spacial score (nSPS) is 9.25. The van der Waals surface area contributed by atoms with Crippen LogP contribution in [0.25, 0.3) is 0 Å². The molecular weight excluding hydrogens is 187 g/mol. The van der Waals surface area contributed by atoms with Crippen molar-refractivity contribution < 1.29 is 0 Å². The Morgan fingerprint density at radius 2 is 2.38 bits per heavy atom. The molecule has 0 heterocycles. The van der Waals surface area contributed by atoms with Gasteiger partial charge >= 0.3 is 0 Å². The van der Waals surface area contributed by atoms with E-state index in [2.05, 4.69) is 22.0 Å². The van der Waals surface area contributed by atoms with Crippen LogP contribution in [0, 0.1) is 6.07 Å². The van der Waals surface area contributed by atoms with Crippen molar-refractivity contribution in [1.82, 2.24) is 0 Å². The minimum atomic E-state index is 0.701. The molecular formula is C6H3BrCl. The number of benzene rings is 1. The molecule has 0 saturated carbocycles. The molecule has 0 N–H and O–H groups in total. The van der Waals surface area contributed by atoms with Crippen LogP contribution in [-0.4, -0.2) is 0 Å². The maximum atomic E-state index is 5.63. The van der Waals surface area contributed by atoms with Gasteiger partial charge in [-0.25, -0.2) is 0 Å². The maximum absolute atomic E-state index is 5.63. The molecule has 0 saturated heterocycles. The topological polar surface area (TPSA) is 0 Å². The molecule has 1 rings (SSSR count). The van der Waals surface area contributed by atoms with Gasteiger partial charge in [0.2, 0.25) is 0 Å². The lowest BCUT2D eigenvalue weighted by Gasteiger charge is -1.88. The smallest absolute Gasteiger partial charge is 0.0554 e. The van der Waals surface area contributed by atoms with Crippen molar-refractivity contribution >= 4 is 27.5 Å². The first-order valence-electron chi connectivity index (χ1n) is 2.12. The van der Waals surface area contributed by atoms with E-state index in [9.17, 15) is 0 Å². The molecule has 0 aromatic heterocycles. The standard InChI is InChI=1S/C6H3BrCl/c7-5-3-1-2-4-6(5)8/h1,3-4H. The first kappa shape index (κ1) is 6.12. The van der Waals surface area contributed by atoms with E-state index >= 15 is 0 Å². The zero-order valence-electron chi connectivity index (χ0n) is 3.99. The Balaban J connectivity index is 3.13. The van der Waals surface area contributed by atoms with Gasteiger partial charge in [0.15, 0.2) is 0 Å². The van der Waals surface area contributed by atoms with E-state index in [4.69, 9.17) is 11.6 Å². The Labute approximate surface area is 61.6 Å². The van der Waals surface area contributed by atoms with Crippen LogP contribution in [0.1, 0.15) is 0 Å². The highest BCUT2D eigenvalue weighted by molar-refractivity contribution is 9.10. The minimum Gasteiger partial charge on any atom is -0.0831 e. The number of halogens is 2. The number of hydrogen-bond acceptors (Lipinski definition) is 0. The molecule has 41 valence electrons. The Morgan fingerprint density at radius 3 is 2.75 bits per heavy atom. The molecule has 1 aromatic rings. The summed E-state index contributed by atoms with van der Waals surface area (Å²) >= 11 is 8.87. The van der Waals surface area contributed by atoms with Crippen LogP contribution in [0.4, 0.5) is 0 Å². The first-order valence-corrected chi connectivity index (χ1v) is 3.29. The summed E-state index contributed by atoms with van der Waals surface area (Å²) in [6.07, 6.45) is 0. The van der Waals surface area contributed by atoms with Crippen molar-refractivity contribution in [2.75, 3.05) is 0 Å². The molecule has 2 heteroatoms.